The lowest BCUT2D eigenvalue weighted by Gasteiger charge is -2.28. The molecule has 2 amide bonds. The highest BCUT2D eigenvalue weighted by atomic mass is 16.8. The summed E-state index contributed by atoms with van der Waals surface area (Å²) < 4.78 is 36.8. The Labute approximate surface area is 237 Å². The molecule has 0 N–H and O–H groups in total. The first-order valence-electron chi connectivity index (χ1n) is 13.6. The molecule has 1 spiro atoms. The van der Waals surface area contributed by atoms with Gasteiger partial charge in [0.15, 0.2) is 29.0 Å². The highest BCUT2D eigenvalue weighted by Crippen LogP contribution is 2.62. The molecular weight excluding hydrogens is 538 g/mol. The number of hydrogen-bond donors (Lipinski definition) is 0. The fourth-order valence-electron chi connectivity index (χ4n) is 5.23. The number of carbonyl (C=O) groups is 3. The lowest BCUT2D eigenvalue weighted by atomic mass is 10.1. The fraction of sp³-hybridized carbons (Fsp3) is 0.704. The summed E-state index contributed by atoms with van der Waals surface area (Å²) in [4.78, 5) is 52.9. The van der Waals surface area contributed by atoms with Crippen molar-refractivity contribution in [3.63, 3.8) is 0 Å². The summed E-state index contributed by atoms with van der Waals surface area (Å²) in [7, 11) is 0. The molecule has 3 aliphatic rings. The Kier molecular flexibility index (Phi) is 6.82. The third-order valence-corrected chi connectivity index (χ3v) is 6.73. The number of rotatable bonds is 4. The van der Waals surface area contributed by atoms with Crippen LogP contribution in [-0.4, -0.2) is 79.1 Å². The van der Waals surface area contributed by atoms with Gasteiger partial charge in [0.2, 0.25) is 0 Å². The maximum absolute atomic E-state index is 13.3. The predicted molar refractivity (Wildman–Crippen MR) is 142 cm³/mol. The van der Waals surface area contributed by atoms with Crippen LogP contribution in [-0.2, 0) is 33.2 Å². The van der Waals surface area contributed by atoms with Gasteiger partial charge in [0.05, 0.1) is 18.9 Å². The average molecular weight is 576 g/mol. The van der Waals surface area contributed by atoms with E-state index in [4.69, 9.17) is 28.4 Å². The van der Waals surface area contributed by atoms with Crippen LogP contribution < -0.4 is 4.90 Å². The molecule has 1 aliphatic carbocycles. The molecule has 1 saturated carbocycles. The minimum absolute atomic E-state index is 0.124. The summed E-state index contributed by atoms with van der Waals surface area (Å²) >= 11 is 0. The van der Waals surface area contributed by atoms with Crippen LogP contribution in [0.1, 0.15) is 75.0 Å². The molecule has 2 aliphatic heterocycles. The molecule has 4 heterocycles. The van der Waals surface area contributed by atoms with Crippen molar-refractivity contribution in [2.45, 2.75) is 110 Å². The van der Waals surface area contributed by atoms with Crippen LogP contribution in [0, 0.1) is 5.92 Å². The first kappa shape index (κ1) is 29.1. The van der Waals surface area contributed by atoms with Gasteiger partial charge in [0, 0.05) is 0 Å². The van der Waals surface area contributed by atoms with Gasteiger partial charge in [-0.05, 0) is 68.7 Å². The minimum Gasteiger partial charge on any atom is -0.466 e. The number of fused-ring (bicyclic) bond motifs is 3. The Bertz CT molecular complexity index is 1350. The van der Waals surface area contributed by atoms with Gasteiger partial charge in [-0.3, -0.25) is 9.36 Å². The number of carbonyl (C=O) groups excluding carboxylic acids is 3. The van der Waals surface area contributed by atoms with Crippen molar-refractivity contribution >= 4 is 35.1 Å². The van der Waals surface area contributed by atoms with Crippen LogP contribution >= 0.6 is 0 Å². The Morgan fingerprint density at radius 1 is 1.00 bits per heavy atom. The van der Waals surface area contributed by atoms with E-state index in [0.717, 1.165) is 0 Å². The van der Waals surface area contributed by atoms with Crippen LogP contribution in [0.5, 0.6) is 0 Å². The lowest BCUT2D eigenvalue weighted by Crippen LogP contribution is -2.44. The summed E-state index contributed by atoms with van der Waals surface area (Å²) in [6.45, 7) is 15.7. The van der Waals surface area contributed by atoms with Gasteiger partial charge in [-0.2, -0.15) is 4.90 Å². The first-order valence-corrected chi connectivity index (χ1v) is 13.6. The van der Waals surface area contributed by atoms with Gasteiger partial charge in [0.25, 0.3) is 0 Å². The summed E-state index contributed by atoms with van der Waals surface area (Å²) in [5, 5.41) is 0. The van der Waals surface area contributed by atoms with Gasteiger partial charge in [-0.25, -0.2) is 24.5 Å². The number of nitrogens with zero attached hydrogens (tertiary/aromatic N) is 5. The van der Waals surface area contributed by atoms with Crippen LogP contribution in [0.2, 0.25) is 0 Å². The van der Waals surface area contributed by atoms with Crippen molar-refractivity contribution < 1.29 is 42.8 Å². The average Bonchev–Trinajstić information content (AvgIpc) is 3.06. The Morgan fingerprint density at radius 3 is 2.22 bits per heavy atom. The van der Waals surface area contributed by atoms with Crippen molar-refractivity contribution in [3.8, 4) is 0 Å². The number of esters is 1. The lowest BCUT2D eigenvalue weighted by molar-refractivity contribution is -0.205. The van der Waals surface area contributed by atoms with E-state index in [-0.39, 0.29) is 29.6 Å². The largest absolute Gasteiger partial charge is 0.466 e. The van der Waals surface area contributed by atoms with E-state index >= 15 is 0 Å². The molecule has 3 fully saturated rings. The fourth-order valence-corrected chi connectivity index (χ4v) is 5.23. The molecule has 0 bridgehead atoms. The number of ether oxygens (including phenoxy) is 6. The predicted octanol–water partition coefficient (Wildman–Crippen LogP) is 3.87. The van der Waals surface area contributed by atoms with Gasteiger partial charge in [0.1, 0.15) is 35.3 Å². The van der Waals surface area contributed by atoms with E-state index in [1.54, 1.807) is 66.9 Å². The van der Waals surface area contributed by atoms with Crippen molar-refractivity contribution in [2.75, 3.05) is 11.5 Å². The van der Waals surface area contributed by atoms with E-state index in [0.29, 0.717) is 11.3 Å². The van der Waals surface area contributed by atoms with E-state index in [2.05, 4.69) is 15.0 Å². The van der Waals surface area contributed by atoms with Gasteiger partial charge in [-0.1, -0.05) is 0 Å². The zero-order valence-corrected chi connectivity index (χ0v) is 24.8. The van der Waals surface area contributed by atoms with E-state index in [1.807, 2.05) is 0 Å². The number of hydrogen-bond acceptors (Lipinski definition) is 12. The first-order chi connectivity index (χ1) is 19.0. The highest BCUT2D eigenvalue weighted by Gasteiger charge is 2.76. The number of aromatic nitrogens is 4. The molecule has 0 aromatic carbocycles. The summed E-state index contributed by atoms with van der Waals surface area (Å²) in [5.74, 6) is -1.91. The van der Waals surface area contributed by atoms with Crippen LogP contribution in [0.4, 0.5) is 15.4 Å². The maximum atomic E-state index is 13.3. The molecule has 2 aromatic heterocycles. The maximum Gasteiger partial charge on any atom is 0.425 e. The zero-order chi connectivity index (χ0) is 30.1. The number of imide groups is 1. The standard InChI is InChI=1S/C27H37N5O9/c1-10-36-21(33)14-11-27(14)17-16(37-26(8,9)38-17)20(39-27)31-13-30-15-18(31)28-12-29-19(15)32(22(34)40-24(2,3)4)23(35)41-25(5,6)7/h12-14,16-17,20H,10-11H2,1-9H3/t14-,16?,17-,20?,27-/m1/s1. The molecule has 5 rings (SSSR count). The van der Waals surface area contributed by atoms with Crippen molar-refractivity contribution in [2.24, 2.45) is 5.92 Å². The summed E-state index contributed by atoms with van der Waals surface area (Å²) in [6.07, 6.45) is -0.824. The molecule has 14 heteroatoms. The smallest absolute Gasteiger partial charge is 0.425 e. The number of amides is 2. The second-order valence-electron chi connectivity index (χ2n) is 12.8. The minimum atomic E-state index is -0.984. The topological polar surface area (TPSA) is 153 Å². The molecule has 2 unspecified atom stereocenters. The van der Waals surface area contributed by atoms with E-state index in [9.17, 15) is 14.4 Å². The van der Waals surface area contributed by atoms with Gasteiger partial charge < -0.3 is 28.4 Å². The molecule has 2 saturated heterocycles. The molecule has 41 heavy (non-hydrogen) atoms. The third-order valence-electron chi connectivity index (χ3n) is 6.73. The zero-order valence-electron chi connectivity index (χ0n) is 24.8. The monoisotopic (exact) mass is 575 g/mol. The molecule has 14 nitrogen and oxygen atoms in total. The normalized spacial score (nSPS) is 28.4. The number of imidazole rings is 1. The van der Waals surface area contributed by atoms with E-state index in [1.165, 1.54) is 12.7 Å². The Hall–Kier alpha value is -3.36. The molecule has 224 valence electrons. The quantitative estimate of drug-likeness (QED) is 0.384. The summed E-state index contributed by atoms with van der Waals surface area (Å²) in [5.41, 5.74) is -2.36. The van der Waals surface area contributed by atoms with E-state index < -0.39 is 59.1 Å². The van der Waals surface area contributed by atoms with Crippen LogP contribution in [0.3, 0.4) is 0 Å². The second kappa shape index (κ2) is 9.60. The molecule has 0 radical (unpaired) electrons. The van der Waals surface area contributed by atoms with Gasteiger partial charge in [-0.15, -0.1) is 0 Å². The number of anilines is 1. The van der Waals surface area contributed by atoms with Crippen molar-refractivity contribution in [1.82, 2.24) is 19.5 Å². The molecular formula is C27H37N5O9. The Balaban J connectivity index is 1.54. The molecule has 5 atom stereocenters. The van der Waals surface area contributed by atoms with Crippen LogP contribution in [0.15, 0.2) is 12.7 Å². The Morgan fingerprint density at radius 2 is 1.63 bits per heavy atom. The van der Waals surface area contributed by atoms with Crippen LogP contribution in [0.25, 0.3) is 11.2 Å². The molecule has 2 aromatic rings. The van der Waals surface area contributed by atoms with Crippen molar-refractivity contribution in [1.29, 1.82) is 0 Å². The summed E-state index contributed by atoms with van der Waals surface area (Å²) in [6, 6.07) is 0. The van der Waals surface area contributed by atoms with Gasteiger partial charge >= 0.3 is 18.2 Å². The SMILES string of the molecule is CCOC(=O)[C@H]1C[C@@]12OC(n1cnc3c(N(C(=O)OC(C)(C)C)C(=O)OC(C)(C)C)ncnc31)C1OC(C)(C)O[C@H]12. The second-order valence-corrected chi connectivity index (χ2v) is 12.8. The third kappa shape index (κ3) is 5.35. The highest BCUT2D eigenvalue weighted by molar-refractivity contribution is 6.12. The van der Waals surface area contributed by atoms with Crippen molar-refractivity contribution in [3.05, 3.63) is 12.7 Å².